The number of carbonyl (C=O) groups is 3. The van der Waals surface area contributed by atoms with Crippen LogP contribution in [0.4, 0.5) is 13.2 Å². The first-order chi connectivity index (χ1) is 54.9. The number of hydrogen-bond acceptors (Lipinski definition) is 15. The summed E-state index contributed by atoms with van der Waals surface area (Å²) in [5.74, 6) is 1.06. The normalized spacial score (nSPS) is 11.0. The van der Waals surface area contributed by atoms with Gasteiger partial charge < -0.3 is 39.1 Å². The summed E-state index contributed by atoms with van der Waals surface area (Å²) in [5, 5.41) is 33.7. The molecular weight excluding hydrogens is 2610 g/mol. The van der Waals surface area contributed by atoms with Crippen molar-refractivity contribution in [1.29, 1.82) is 0 Å². The predicted molar refractivity (Wildman–Crippen MR) is 444 cm³/mol. The topological polar surface area (TPSA) is 220 Å². The van der Waals surface area contributed by atoms with Gasteiger partial charge in [0.25, 0.3) is 0 Å². The minimum absolute atomic E-state index is 0. The molecule has 0 saturated carbocycles. The third kappa shape index (κ3) is 32.5. The van der Waals surface area contributed by atoms with Crippen molar-refractivity contribution < 1.29 is 173 Å². The van der Waals surface area contributed by atoms with Crippen LogP contribution in [0, 0.1) is 36.4 Å². The molecule has 17 rings (SSSR count). The number of carbonyl (C=O) groups excluding carboxylic acids is 3. The number of rotatable bonds is 9. The fourth-order valence-corrected chi connectivity index (χ4v) is 11.8. The van der Waals surface area contributed by atoms with Crippen LogP contribution in [0.1, 0.15) is 72.1 Å². The van der Waals surface area contributed by atoms with E-state index in [0.29, 0.717) is 23.0 Å². The summed E-state index contributed by atoms with van der Waals surface area (Å²) in [6.07, 6.45) is 8.09. The molecule has 5 radical (unpaired) electrons. The molecule has 120 heavy (non-hydrogen) atoms. The monoisotopic (exact) mass is 2690 g/mol. The maximum absolute atomic E-state index is 12.3. The Balaban J connectivity index is 0.000000355. The summed E-state index contributed by atoms with van der Waals surface area (Å²) in [7, 11) is 0. The molecule has 0 unspecified atom stereocenters. The largest absolute Gasteiger partial charge is 0.512 e. The van der Waals surface area contributed by atoms with Crippen molar-refractivity contribution >= 4 is 61.7 Å². The number of aliphatic hydroxyl groups is 3. The second-order valence-electron chi connectivity index (χ2n) is 25.4. The first kappa shape index (κ1) is 104. The van der Waals surface area contributed by atoms with E-state index >= 15 is 0 Å². The van der Waals surface area contributed by atoms with E-state index in [0.717, 1.165) is 78.4 Å². The molecule has 9 aromatic carbocycles. The van der Waals surface area contributed by atoms with E-state index < -0.39 is 11.7 Å². The molecule has 0 saturated heterocycles. The Bertz CT molecular complexity index is 5650. The van der Waals surface area contributed by atoms with E-state index in [2.05, 4.69) is 129 Å². The number of allylic oxidation sites excluding steroid dienone is 6. The Morgan fingerprint density at radius 1 is 0.458 bits per heavy atom. The minimum Gasteiger partial charge on any atom is -0.512 e. The first-order valence-corrected chi connectivity index (χ1v) is 36.4. The summed E-state index contributed by atoms with van der Waals surface area (Å²) in [5.41, 5.74) is 15.0. The van der Waals surface area contributed by atoms with Crippen molar-refractivity contribution in [2.45, 2.75) is 67.0 Å². The summed E-state index contributed by atoms with van der Waals surface area (Å²) in [6.45, 7) is 13.1. The van der Waals surface area contributed by atoms with Crippen molar-refractivity contribution in [2.75, 3.05) is 0 Å². The molecule has 0 aliphatic heterocycles. The number of benzene rings is 9. The van der Waals surface area contributed by atoms with Crippen molar-refractivity contribution in [2.24, 2.45) is 0 Å². The Hall–Kier alpha value is -10.1. The number of nitrogens with zero attached hydrogens (tertiary/aromatic N) is 7. The SMILES string of the molecule is CC(=O)C=C(C)O.CC(=O)C=C(C)O.CC(=O)C=C(C)O.CC1(C)c2ccccc2-c2c[c-]c(-n3cccn3)cc21.FC(F)(F)c1c[c-]c(-c2ccccn2)cc1.[Ir].[Ir].[Ir].[Ir].[Ir].[Pt].[c-]1ccc2ccccc2c1-c1nc2ccccc2o1.[c-]1ccccc1-c1ccccn1.[c-]1ccccc1-c1nc2ccccc2o1.[c-]1ccsc1-c1ccccn1. The van der Waals surface area contributed by atoms with Gasteiger partial charge in [-0.15, -0.1) is 142 Å². The molecule has 3 N–H and O–H groups in total. The number of oxazole rings is 2. The zero-order chi connectivity index (χ0) is 81.4. The van der Waals surface area contributed by atoms with Crippen LogP contribution in [0.5, 0.6) is 0 Å². The van der Waals surface area contributed by atoms with Crippen LogP contribution >= 0.6 is 11.3 Å². The summed E-state index contributed by atoms with van der Waals surface area (Å²) < 4.78 is 50.2. The fraction of sp³-hybridized carbons (Fsp3) is 0.105. The number of aliphatic hydroxyl groups excluding tert-OH is 3. The van der Waals surface area contributed by atoms with Gasteiger partial charge in [0.15, 0.2) is 17.3 Å². The number of hydrogen-bond donors (Lipinski definition) is 3. The molecule has 1 aliphatic carbocycles. The number of thiophene rings is 1. The molecule has 629 valence electrons. The van der Waals surface area contributed by atoms with Gasteiger partial charge in [0.05, 0.1) is 28.3 Å². The Kier molecular flexibility index (Phi) is 45.8. The van der Waals surface area contributed by atoms with Crippen LogP contribution in [0.15, 0.2) is 335 Å². The van der Waals surface area contributed by atoms with Gasteiger partial charge in [0.1, 0.15) is 22.9 Å². The summed E-state index contributed by atoms with van der Waals surface area (Å²) >= 11 is 1.66. The average molecular weight is 2690 g/mol. The zero-order valence-electron chi connectivity index (χ0n) is 65.5. The quantitative estimate of drug-likeness (QED) is 0.0695. The number of alkyl halides is 3. The van der Waals surface area contributed by atoms with Gasteiger partial charge >= 0.3 is 6.18 Å². The minimum atomic E-state index is -4.32. The van der Waals surface area contributed by atoms with Crippen LogP contribution < -0.4 is 0 Å². The number of halogens is 3. The van der Waals surface area contributed by atoms with Crippen molar-refractivity contribution in [3.63, 3.8) is 0 Å². The number of aromatic nitrogens is 7. The number of fused-ring (bicyclic) bond motifs is 6. The summed E-state index contributed by atoms with van der Waals surface area (Å²) in [4.78, 5) is 52.5. The van der Waals surface area contributed by atoms with Gasteiger partial charge in [0.2, 0.25) is 0 Å². The third-order valence-corrected chi connectivity index (χ3v) is 16.9. The Labute approximate surface area is 781 Å². The van der Waals surface area contributed by atoms with Crippen LogP contribution in [0.3, 0.4) is 0 Å². The van der Waals surface area contributed by atoms with E-state index in [1.165, 1.54) is 93.5 Å². The van der Waals surface area contributed by atoms with Gasteiger partial charge in [-0.1, -0.05) is 150 Å². The van der Waals surface area contributed by atoms with E-state index in [1.807, 2.05) is 186 Å². The van der Waals surface area contributed by atoms with Crippen molar-refractivity contribution in [3.05, 3.63) is 380 Å². The molecule has 25 heteroatoms. The molecule has 16 aromatic rings. The maximum Gasteiger partial charge on any atom is 0.381 e. The molecule has 0 spiro atoms. The van der Waals surface area contributed by atoms with Gasteiger partial charge in [-0.3, -0.25) is 29.0 Å². The van der Waals surface area contributed by atoms with Gasteiger partial charge in [-0.05, 0) is 129 Å². The second-order valence-corrected chi connectivity index (χ2v) is 26.4. The molecule has 0 bridgehead atoms. The van der Waals surface area contributed by atoms with E-state index in [1.54, 1.807) is 54.3 Å². The fourth-order valence-electron chi connectivity index (χ4n) is 11.1. The molecule has 0 fully saturated rings. The number of ketones is 3. The van der Waals surface area contributed by atoms with Crippen LogP contribution in [-0.4, -0.2) is 67.4 Å². The molecule has 7 aromatic heterocycles. The molecule has 15 nitrogen and oxygen atoms in total. The molecule has 1 aliphatic rings. The van der Waals surface area contributed by atoms with Gasteiger partial charge in [-0.2, -0.15) is 42.5 Å². The Morgan fingerprint density at radius 3 is 1.42 bits per heavy atom. The third-order valence-electron chi connectivity index (χ3n) is 16.0. The second kappa shape index (κ2) is 52.8. The molecule has 0 atom stereocenters. The van der Waals surface area contributed by atoms with Gasteiger partial charge in [-0.25, -0.2) is 11.3 Å². The smallest absolute Gasteiger partial charge is 0.381 e. The molecule has 0 amide bonds. The van der Waals surface area contributed by atoms with Crippen molar-refractivity contribution in [3.8, 4) is 72.8 Å². The van der Waals surface area contributed by atoms with Gasteiger partial charge in [0, 0.05) is 171 Å². The Morgan fingerprint density at radius 2 is 0.950 bits per heavy atom. The van der Waals surface area contributed by atoms with E-state index in [-0.39, 0.29) is 162 Å². The number of pyridine rings is 3. The molecule has 7 heterocycles. The van der Waals surface area contributed by atoms with E-state index in [4.69, 9.17) is 24.2 Å². The van der Waals surface area contributed by atoms with Crippen molar-refractivity contribution in [1.82, 2.24) is 34.7 Å². The first-order valence-electron chi connectivity index (χ1n) is 35.5. The zero-order valence-corrected chi connectivity index (χ0v) is 80.5. The predicted octanol–water partition coefficient (Wildman–Crippen LogP) is 23.5. The average Bonchev–Trinajstić information content (AvgIpc) is 1.58. The van der Waals surface area contributed by atoms with Crippen LogP contribution in [0.2, 0.25) is 0 Å². The summed E-state index contributed by atoms with van der Waals surface area (Å²) in [6, 6.07) is 98.7. The van der Waals surface area contributed by atoms with E-state index in [9.17, 15) is 27.6 Å². The van der Waals surface area contributed by atoms with Crippen LogP contribution in [-0.2, 0) is 148 Å². The number of para-hydroxylation sites is 4. The molecular formula is C95H78F3Ir5N7O8PtS-6. The maximum atomic E-state index is 12.3. The standard InChI is InChI=1S/C18H15N2.C17H10NO.C13H8NO.C12H7F3N.C11H8N.C9H6NS.3C5H8O2.5Ir.Pt/c1-18(2)16-7-4-3-6-14(16)15-9-8-13(12-17(15)18)20-11-5-10-19-20;1-2-8-13-12(6-1)7-5-9-14(13)17-18-15-10-3-4-11-16(15)19-17;1-2-6-10(7-3-1)13-14-11-8-4-5-9-12(11)15-13;13-12(14,15)10-6-4-9(5-7-10)11-3-1-2-8-16-11;1-2-6-10(7-3-1)11-8-4-5-9-12-11;1-2-6-10-8(4-1)9-5-3-7-11-9;3*1-4(6)3-5(2)7;;;;;;/h3-7,9-12H,1-2H3;1-8,10-11H;1-6,8-9H;1-4,6-8H;1-6,8-9H;1-4,6-7H;3*3,6H,1-2H3;;;;;;/q6*-1;;;;;;;;;. The van der Waals surface area contributed by atoms with Crippen LogP contribution in [0.25, 0.3) is 106 Å².